The second-order valence-electron chi connectivity index (χ2n) is 7.22. The lowest BCUT2D eigenvalue weighted by molar-refractivity contribution is -0.123. The molecule has 0 aliphatic carbocycles. The van der Waals surface area contributed by atoms with Gasteiger partial charge in [-0.3, -0.25) is 19.4 Å². The Hall–Kier alpha value is -4.20. The summed E-state index contributed by atoms with van der Waals surface area (Å²) in [6, 6.07) is 21.5. The number of benzene rings is 3. The second kappa shape index (κ2) is 9.30. The van der Waals surface area contributed by atoms with Gasteiger partial charge in [0.1, 0.15) is 18.9 Å². The van der Waals surface area contributed by atoms with Crippen LogP contribution in [-0.2, 0) is 16.1 Å². The van der Waals surface area contributed by atoms with E-state index >= 15 is 0 Å². The minimum absolute atomic E-state index is 0.0147. The van der Waals surface area contributed by atoms with Crippen molar-refractivity contribution < 1.29 is 18.8 Å². The first-order valence-electron chi connectivity index (χ1n) is 10.1. The normalized spacial score (nSPS) is 12.8. The van der Waals surface area contributed by atoms with Crippen molar-refractivity contribution in [1.82, 2.24) is 5.32 Å². The number of urea groups is 1. The highest BCUT2D eigenvalue weighted by Gasteiger charge is 2.33. The van der Waals surface area contributed by atoms with Crippen LogP contribution in [0.15, 0.2) is 78.9 Å². The fourth-order valence-corrected chi connectivity index (χ4v) is 3.46. The number of fused-ring (bicyclic) bond motifs is 1. The lowest BCUT2D eigenvalue weighted by Crippen LogP contribution is -2.52. The van der Waals surface area contributed by atoms with Gasteiger partial charge in [-0.05, 0) is 30.3 Å². The zero-order valence-corrected chi connectivity index (χ0v) is 17.1. The minimum atomic E-state index is -0.444. The predicted octanol–water partition coefficient (Wildman–Crippen LogP) is 3.53. The molecule has 1 aliphatic rings. The molecule has 1 heterocycles. The summed E-state index contributed by atoms with van der Waals surface area (Å²) in [5.41, 5.74) is 1.93. The summed E-state index contributed by atoms with van der Waals surface area (Å²) < 4.78 is 13.8. The van der Waals surface area contributed by atoms with Crippen LogP contribution in [0.4, 0.5) is 26.2 Å². The highest BCUT2D eigenvalue weighted by Crippen LogP contribution is 2.33. The van der Waals surface area contributed by atoms with Gasteiger partial charge < -0.3 is 10.6 Å². The van der Waals surface area contributed by atoms with E-state index in [9.17, 15) is 18.8 Å². The zero-order valence-electron chi connectivity index (χ0n) is 17.1. The summed E-state index contributed by atoms with van der Waals surface area (Å²) in [5, 5.41) is 5.41. The number of amides is 4. The first-order chi connectivity index (χ1) is 15.5. The Labute approximate surface area is 184 Å². The fourth-order valence-electron chi connectivity index (χ4n) is 3.46. The van der Waals surface area contributed by atoms with E-state index in [0.29, 0.717) is 22.6 Å². The number of para-hydroxylation sites is 3. The van der Waals surface area contributed by atoms with Crippen LogP contribution in [0.5, 0.6) is 0 Å². The van der Waals surface area contributed by atoms with Gasteiger partial charge in [0, 0.05) is 17.8 Å². The number of carbonyl (C=O) groups is 3. The van der Waals surface area contributed by atoms with Crippen molar-refractivity contribution in [2.75, 3.05) is 28.2 Å². The first kappa shape index (κ1) is 21.0. The third kappa shape index (κ3) is 4.59. The number of halogens is 1. The minimum Gasteiger partial charge on any atom is -0.350 e. The van der Waals surface area contributed by atoms with Crippen LogP contribution < -0.4 is 20.4 Å². The molecule has 4 rings (SSSR count). The van der Waals surface area contributed by atoms with Crippen LogP contribution in [0.3, 0.4) is 0 Å². The lowest BCUT2D eigenvalue weighted by Gasteiger charge is -2.35. The van der Waals surface area contributed by atoms with Crippen molar-refractivity contribution in [3.8, 4) is 0 Å². The van der Waals surface area contributed by atoms with Gasteiger partial charge in [0.05, 0.1) is 11.4 Å². The van der Waals surface area contributed by atoms with Crippen molar-refractivity contribution in [3.05, 3.63) is 90.2 Å². The molecule has 8 heteroatoms. The molecule has 1 aliphatic heterocycles. The van der Waals surface area contributed by atoms with E-state index in [1.165, 1.54) is 15.9 Å². The van der Waals surface area contributed by atoms with E-state index in [4.69, 9.17) is 0 Å². The van der Waals surface area contributed by atoms with E-state index in [-0.39, 0.29) is 19.6 Å². The van der Waals surface area contributed by atoms with Gasteiger partial charge in [0.15, 0.2) is 0 Å². The number of nitrogens with zero attached hydrogens (tertiary/aromatic N) is 2. The Bertz CT molecular complexity index is 1150. The quantitative estimate of drug-likeness (QED) is 0.647. The summed E-state index contributed by atoms with van der Waals surface area (Å²) in [7, 11) is 0. The van der Waals surface area contributed by atoms with Crippen molar-refractivity contribution in [2.45, 2.75) is 6.54 Å². The Balaban J connectivity index is 1.48. The average molecular weight is 432 g/mol. The van der Waals surface area contributed by atoms with E-state index < -0.39 is 23.7 Å². The third-order valence-corrected chi connectivity index (χ3v) is 5.06. The maximum atomic E-state index is 13.8. The third-order valence-electron chi connectivity index (χ3n) is 5.06. The monoisotopic (exact) mass is 432 g/mol. The topological polar surface area (TPSA) is 81.8 Å². The van der Waals surface area contributed by atoms with Crippen LogP contribution in [-0.4, -0.2) is 30.9 Å². The van der Waals surface area contributed by atoms with Gasteiger partial charge in [-0.15, -0.1) is 0 Å². The summed E-state index contributed by atoms with van der Waals surface area (Å²) in [4.78, 5) is 40.8. The van der Waals surface area contributed by atoms with Gasteiger partial charge in [-0.25, -0.2) is 9.18 Å². The molecule has 32 heavy (non-hydrogen) atoms. The molecule has 0 aromatic heterocycles. The second-order valence-corrected chi connectivity index (χ2v) is 7.22. The number of hydrogen-bond donors (Lipinski definition) is 2. The molecule has 3 aromatic carbocycles. The molecule has 162 valence electrons. The van der Waals surface area contributed by atoms with Gasteiger partial charge in [0.2, 0.25) is 11.8 Å². The molecule has 0 unspecified atom stereocenters. The molecule has 3 aromatic rings. The molecule has 0 atom stereocenters. The highest BCUT2D eigenvalue weighted by atomic mass is 19.1. The SMILES string of the molecule is O=C(CN1C(=O)CN(C(=O)Nc2ccccc2)c2ccccc21)NCc1ccccc1F. The van der Waals surface area contributed by atoms with Crippen LogP contribution in [0.2, 0.25) is 0 Å². The number of carbonyl (C=O) groups excluding carboxylic acids is 3. The molecule has 4 amide bonds. The zero-order chi connectivity index (χ0) is 22.5. The van der Waals surface area contributed by atoms with Gasteiger partial charge in [0.25, 0.3) is 0 Å². The molecule has 0 saturated heterocycles. The molecule has 7 nitrogen and oxygen atoms in total. The number of anilines is 3. The molecule has 0 bridgehead atoms. The molecule has 0 radical (unpaired) electrons. The smallest absolute Gasteiger partial charge is 0.326 e. The van der Waals surface area contributed by atoms with E-state index in [1.54, 1.807) is 66.7 Å². The van der Waals surface area contributed by atoms with Crippen LogP contribution in [0.25, 0.3) is 0 Å². The van der Waals surface area contributed by atoms with Crippen molar-refractivity contribution in [1.29, 1.82) is 0 Å². The molecule has 0 fully saturated rings. The van der Waals surface area contributed by atoms with E-state index in [0.717, 1.165) is 0 Å². The van der Waals surface area contributed by atoms with Crippen molar-refractivity contribution in [3.63, 3.8) is 0 Å². The predicted molar refractivity (Wildman–Crippen MR) is 120 cm³/mol. The summed E-state index contributed by atoms with van der Waals surface area (Å²) >= 11 is 0. The van der Waals surface area contributed by atoms with Gasteiger partial charge >= 0.3 is 6.03 Å². The Morgan fingerprint density at radius 3 is 2.28 bits per heavy atom. The van der Waals surface area contributed by atoms with Crippen LogP contribution in [0.1, 0.15) is 5.56 Å². The molecule has 2 N–H and O–H groups in total. The largest absolute Gasteiger partial charge is 0.350 e. The van der Waals surface area contributed by atoms with Crippen LogP contribution >= 0.6 is 0 Å². The Morgan fingerprint density at radius 2 is 1.53 bits per heavy atom. The first-order valence-corrected chi connectivity index (χ1v) is 10.1. The van der Waals surface area contributed by atoms with Crippen molar-refractivity contribution in [2.24, 2.45) is 0 Å². The summed E-state index contributed by atoms with van der Waals surface area (Å²) in [6.07, 6.45) is 0. The van der Waals surface area contributed by atoms with E-state index in [2.05, 4.69) is 10.6 Å². The Kier molecular flexibility index (Phi) is 6.12. The number of nitrogens with one attached hydrogen (secondary N) is 2. The molecular weight excluding hydrogens is 411 g/mol. The van der Waals surface area contributed by atoms with E-state index in [1.807, 2.05) is 6.07 Å². The summed E-state index contributed by atoms with van der Waals surface area (Å²) in [6.45, 7) is -0.435. The highest BCUT2D eigenvalue weighted by molar-refractivity contribution is 6.14. The molecular formula is C24H21FN4O3. The van der Waals surface area contributed by atoms with Gasteiger partial charge in [-0.2, -0.15) is 0 Å². The van der Waals surface area contributed by atoms with Gasteiger partial charge in [-0.1, -0.05) is 48.5 Å². The van der Waals surface area contributed by atoms with Crippen LogP contribution in [0, 0.1) is 5.82 Å². The standard InChI is InChI=1S/C24H21FN4O3/c25-19-11-5-4-8-17(19)14-26-22(30)15-28-20-12-6-7-13-21(20)29(16-23(28)31)24(32)27-18-9-2-1-3-10-18/h1-13H,14-16H2,(H,26,30)(H,27,32). The molecule has 0 saturated carbocycles. The summed E-state index contributed by atoms with van der Waals surface area (Å²) in [5.74, 6) is -1.24. The number of hydrogen-bond acceptors (Lipinski definition) is 3. The number of rotatable bonds is 5. The lowest BCUT2D eigenvalue weighted by atomic mass is 10.1. The molecule has 0 spiro atoms. The Morgan fingerprint density at radius 1 is 0.875 bits per heavy atom. The fraction of sp³-hybridized carbons (Fsp3) is 0.125. The van der Waals surface area contributed by atoms with Crippen molar-refractivity contribution >= 4 is 34.9 Å². The average Bonchev–Trinajstić information content (AvgIpc) is 2.81. The maximum Gasteiger partial charge on any atom is 0.326 e. The maximum absolute atomic E-state index is 13.8.